The van der Waals surface area contributed by atoms with Crippen LogP contribution in [0.1, 0.15) is 22.2 Å². The number of benzene rings is 1. The lowest BCUT2D eigenvalue weighted by Gasteiger charge is -2.37. The predicted octanol–water partition coefficient (Wildman–Crippen LogP) is 3.64. The number of piperazine rings is 1. The van der Waals surface area contributed by atoms with Gasteiger partial charge in [-0.2, -0.15) is 0 Å². The molecule has 1 saturated heterocycles. The highest BCUT2D eigenvalue weighted by molar-refractivity contribution is 7.20. The molecule has 0 saturated carbocycles. The van der Waals surface area contributed by atoms with Crippen LogP contribution in [0.2, 0.25) is 0 Å². The van der Waals surface area contributed by atoms with Gasteiger partial charge in [0.15, 0.2) is 0 Å². The van der Waals surface area contributed by atoms with E-state index < -0.39 is 0 Å². The Kier molecular flexibility index (Phi) is 5.13. The van der Waals surface area contributed by atoms with Gasteiger partial charge in [-0.1, -0.05) is 12.1 Å². The number of aromatic nitrogens is 2. The molecule has 0 bridgehead atoms. The number of hydrogen-bond acceptors (Lipinski definition) is 7. The van der Waals surface area contributed by atoms with Gasteiger partial charge in [-0.3, -0.25) is 0 Å². The first kappa shape index (κ1) is 18.6. The molecule has 1 aromatic carbocycles. The quantitative estimate of drug-likeness (QED) is 0.623. The number of nitrogens with zero attached hydrogens (tertiary/aromatic N) is 4. The molecule has 1 aliphatic rings. The molecule has 0 spiro atoms. The van der Waals surface area contributed by atoms with Crippen molar-refractivity contribution in [2.24, 2.45) is 0 Å². The SMILES string of the molecule is CCOC(=O)c1sc2ncnc(N3CCN(c4ccccc4F)CC3)c2c1C. The summed E-state index contributed by atoms with van der Waals surface area (Å²) in [6.07, 6.45) is 1.53. The molecule has 1 fully saturated rings. The largest absolute Gasteiger partial charge is 0.462 e. The summed E-state index contributed by atoms with van der Waals surface area (Å²) >= 11 is 1.34. The van der Waals surface area contributed by atoms with Gasteiger partial charge in [0.05, 0.1) is 17.7 Å². The third kappa shape index (κ3) is 3.28. The molecule has 0 amide bonds. The van der Waals surface area contributed by atoms with Crippen molar-refractivity contribution in [1.29, 1.82) is 0 Å². The molecule has 3 heterocycles. The Labute approximate surface area is 166 Å². The standard InChI is InChI=1S/C20H21FN4O2S/c1-3-27-20(26)17-13(2)16-18(22-12-23-19(16)28-17)25-10-8-24(9-11-25)15-7-5-4-6-14(15)21/h4-7,12H,3,8-11H2,1-2H3. The lowest BCUT2D eigenvalue weighted by atomic mass is 10.1. The highest BCUT2D eigenvalue weighted by Gasteiger charge is 2.25. The van der Waals surface area contributed by atoms with Gasteiger partial charge < -0.3 is 14.5 Å². The van der Waals surface area contributed by atoms with Crippen molar-refractivity contribution in [2.75, 3.05) is 42.6 Å². The number of hydrogen-bond donors (Lipinski definition) is 0. The average Bonchev–Trinajstić information content (AvgIpc) is 3.06. The number of ether oxygens (including phenoxy) is 1. The summed E-state index contributed by atoms with van der Waals surface area (Å²) in [5.41, 5.74) is 1.48. The van der Waals surface area contributed by atoms with Crippen molar-refractivity contribution in [3.05, 3.63) is 46.9 Å². The van der Waals surface area contributed by atoms with E-state index in [1.165, 1.54) is 23.7 Å². The molecule has 3 aromatic rings. The van der Waals surface area contributed by atoms with Gasteiger partial charge in [-0.05, 0) is 31.5 Å². The van der Waals surface area contributed by atoms with Crippen LogP contribution in [0.5, 0.6) is 0 Å². The van der Waals surface area contributed by atoms with Crippen LogP contribution in [0.15, 0.2) is 30.6 Å². The van der Waals surface area contributed by atoms with Crippen LogP contribution < -0.4 is 9.80 Å². The lowest BCUT2D eigenvalue weighted by molar-refractivity contribution is 0.0531. The number of thiophene rings is 1. The molecular formula is C20H21FN4O2S. The fraction of sp³-hybridized carbons (Fsp3) is 0.350. The topological polar surface area (TPSA) is 58.6 Å². The van der Waals surface area contributed by atoms with E-state index in [1.807, 2.05) is 19.1 Å². The van der Waals surface area contributed by atoms with Gasteiger partial charge in [-0.15, -0.1) is 11.3 Å². The zero-order valence-corrected chi connectivity index (χ0v) is 16.6. The minimum atomic E-state index is -0.321. The Hall–Kier alpha value is -2.74. The third-order valence-corrected chi connectivity index (χ3v) is 6.12. The van der Waals surface area contributed by atoms with Gasteiger partial charge >= 0.3 is 5.97 Å². The van der Waals surface area contributed by atoms with Gasteiger partial charge in [0.1, 0.15) is 27.7 Å². The van der Waals surface area contributed by atoms with Gasteiger partial charge in [-0.25, -0.2) is 19.2 Å². The Morgan fingerprint density at radius 1 is 1.18 bits per heavy atom. The summed E-state index contributed by atoms with van der Waals surface area (Å²) in [6.45, 7) is 6.85. The smallest absolute Gasteiger partial charge is 0.348 e. The van der Waals surface area contributed by atoms with Crippen LogP contribution >= 0.6 is 11.3 Å². The molecule has 0 unspecified atom stereocenters. The first-order valence-corrected chi connectivity index (χ1v) is 10.1. The van der Waals surface area contributed by atoms with Gasteiger partial charge in [0.2, 0.25) is 0 Å². The Morgan fingerprint density at radius 3 is 2.61 bits per heavy atom. The van der Waals surface area contributed by atoms with Crippen LogP contribution in [-0.4, -0.2) is 48.7 Å². The highest BCUT2D eigenvalue weighted by Crippen LogP contribution is 2.35. The predicted molar refractivity (Wildman–Crippen MR) is 109 cm³/mol. The molecule has 0 aliphatic carbocycles. The third-order valence-electron chi connectivity index (χ3n) is 4.94. The summed E-state index contributed by atoms with van der Waals surface area (Å²) in [4.78, 5) is 26.7. The van der Waals surface area contributed by atoms with E-state index >= 15 is 0 Å². The maximum atomic E-state index is 14.1. The monoisotopic (exact) mass is 400 g/mol. The molecular weight excluding hydrogens is 379 g/mol. The average molecular weight is 400 g/mol. The normalized spacial score (nSPS) is 14.5. The fourth-order valence-electron chi connectivity index (χ4n) is 3.55. The van der Waals surface area contributed by atoms with Crippen molar-refractivity contribution in [2.45, 2.75) is 13.8 Å². The summed E-state index contributed by atoms with van der Waals surface area (Å²) in [5, 5.41) is 0.898. The molecule has 146 valence electrons. The summed E-state index contributed by atoms with van der Waals surface area (Å²) in [6, 6.07) is 6.85. The second kappa shape index (κ2) is 7.71. The van der Waals surface area contributed by atoms with Crippen molar-refractivity contribution >= 4 is 39.0 Å². The number of anilines is 2. The van der Waals surface area contributed by atoms with Crippen LogP contribution in [0.4, 0.5) is 15.9 Å². The minimum absolute atomic E-state index is 0.201. The molecule has 2 aromatic heterocycles. The van der Waals surface area contributed by atoms with Crippen LogP contribution in [0.25, 0.3) is 10.2 Å². The van der Waals surface area contributed by atoms with E-state index in [2.05, 4.69) is 19.8 Å². The first-order valence-electron chi connectivity index (χ1n) is 9.25. The van der Waals surface area contributed by atoms with Gasteiger partial charge in [0, 0.05) is 26.2 Å². The first-order chi connectivity index (χ1) is 13.6. The number of carbonyl (C=O) groups is 1. The molecule has 0 atom stereocenters. The van der Waals surface area contributed by atoms with E-state index in [0.29, 0.717) is 43.4 Å². The summed E-state index contributed by atoms with van der Waals surface area (Å²) in [5.74, 6) is 0.300. The molecule has 28 heavy (non-hydrogen) atoms. The molecule has 1 aliphatic heterocycles. The second-order valence-corrected chi connectivity index (χ2v) is 7.58. The van der Waals surface area contributed by atoms with E-state index in [9.17, 15) is 9.18 Å². The van der Waals surface area contributed by atoms with Crippen molar-refractivity contribution < 1.29 is 13.9 Å². The Bertz CT molecular complexity index is 1010. The zero-order chi connectivity index (χ0) is 19.7. The zero-order valence-electron chi connectivity index (χ0n) is 15.8. The Balaban J connectivity index is 1.60. The van der Waals surface area contributed by atoms with Gasteiger partial charge in [0.25, 0.3) is 0 Å². The van der Waals surface area contributed by atoms with Crippen LogP contribution in [-0.2, 0) is 4.74 Å². The number of carbonyl (C=O) groups excluding carboxylic acids is 1. The Morgan fingerprint density at radius 2 is 1.89 bits per heavy atom. The van der Waals surface area contributed by atoms with Crippen molar-refractivity contribution in [3.8, 4) is 0 Å². The van der Waals surface area contributed by atoms with E-state index in [1.54, 1.807) is 13.0 Å². The van der Waals surface area contributed by atoms with E-state index in [4.69, 9.17) is 4.74 Å². The maximum Gasteiger partial charge on any atom is 0.348 e. The number of aryl methyl sites for hydroxylation is 1. The molecule has 8 heteroatoms. The van der Waals surface area contributed by atoms with E-state index in [-0.39, 0.29) is 11.8 Å². The number of fused-ring (bicyclic) bond motifs is 1. The molecule has 0 N–H and O–H groups in total. The van der Waals surface area contributed by atoms with Crippen LogP contribution in [0.3, 0.4) is 0 Å². The van der Waals surface area contributed by atoms with Crippen LogP contribution in [0, 0.1) is 12.7 Å². The number of halogens is 1. The second-order valence-electron chi connectivity index (χ2n) is 6.58. The van der Waals surface area contributed by atoms with Crippen molar-refractivity contribution in [3.63, 3.8) is 0 Å². The fourth-order valence-corrected chi connectivity index (χ4v) is 4.59. The number of esters is 1. The number of rotatable bonds is 4. The summed E-state index contributed by atoms with van der Waals surface area (Å²) in [7, 11) is 0. The lowest BCUT2D eigenvalue weighted by Crippen LogP contribution is -2.47. The minimum Gasteiger partial charge on any atom is -0.462 e. The molecule has 4 rings (SSSR count). The maximum absolute atomic E-state index is 14.1. The number of para-hydroxylation sites is 1. The summed E-state index contributed by atoms with van der Waals surface area (Å²) < 4.78 is 19.2. The molecule has 6 nitrogen and oxygen atoms in total. The van der Waals surface area contributed by atoms with E-state index in [0.717, 1.165) is 21.6 Å². The van der Waals surface area contributed by atoms with Crippen molar-refractivity contribution in [1.82, 2.24) is 9.97 Å². The highest BCUT2D eigenvalue weighted by atomic mass is 32.1. The molecule has 0 radical (unpaired) electrons.